The summed E-state index contributed by atoms with van der Waals surface area (Å²) in [5.41, 5.74) is 0.763. The molecule has 60 valence electrons. The van der Waals surface area contributed by atoms with Gasteiger partial charge >= 0.3 is 0 Å². The van der Waals surface area contributed by atoms with Crippen LogP contribution in [0.5, 0.6) is 0 Å². The summed E-state index contributed by atoms with van der Waals surface area (Å²) >= 11 is 0. The van der Waals surface area contributed by atoms with Crippen molar-refractivity contribution in [2.45, 2.75) is 0 Å². The van der Waals surface area contributed by atoms with E-state index in [0.717, 1.165) is 5.69 Å². The van der Waals surface area contributed by atoms with Crippen LogP contribution >= 0.6 is 0 Å². The highest BCUT2D eigenvalue weighted by Gasteiger charge is 1.99. The van der Waals surface area contributed by atoms with Gasteiger partial charge in [-0.25, -0.2) is 0 Å². The van der Waals surface area contributed by atoms with Gasteiger partial charge in [0.05, 0.1) is 12.0 Å². The molecule has 2 heterocycles. The van der Waals surface area contributed by atoms with Crippen LogP contribution in [0, 0.1) is 0 Å². The molecular formula is C9H7NO2. The molecule has 0 unspecified atom stereocenters. The van der Waals surface area contributed by atoms with Crippen LogP contribution in [0.4, 0.5) is 0 Å². The average Bonchev–Trinajstić information content (AvgIpc) is 2.56. The molecule has 0 saturated heterocycles. The summed E-state index contributed by atoms with van der Waals surface area (Å²) in [5.74, 6) is 0.563. The Morgan fingerprint density at radius 3 is 2.92 bits per heavy atom. The molecule has 0 radical (unpaired) electrons. The molecular weight excluding hydrogens is 154 g/mol. The van der Waals surface area contributed by atoms with E-state index in [4.69, 9.17) is 4.42 Å². The second kappa shape index (κ2) is 2.70. The first kappa shape index (κ1) is 6.91. The van der Waals surface area contributed by atoms with Gasteiger partial charge in [-0.15, -0.1) is 0 Å². The van der Waals surface area contributed by atoms with Crippen molar-refractivity contribution in [2.24, 2.45) is 0 Å². The third kappa shape index (κ3) is 1.16. The van der Waals surface area contributed by atoms with Crippen LogP contribution < -0.4 is 5.43 Å². The third-order valence-corrected chi connectivity index (χ3v) is 1.56. The van der Waals surface area contributed by atoms with Crippen LogP contribution in [-0.4, -0.2) is 4.98 Å². The molecule has 2 aromatic rings. The van der Waals surface area contributed by atoms with E-state index in [2.05, 4.69) is 4.98 Å². The predicted molar refractivity (Wildman–Crippen MR) is 44.8 cm³/mol. The fraction of sp³-hybridized carbons (Fsp3) is 0. The highest BCUT2D eigenvalue weighted by Crippen LogP contribution is 2.13. The van der Waals surface area contributed by atoms with E-state index in [-0.39, 0.29) is 5.43 Å². The summed E-state index contributed by atoms with van der Waals surface area (Å²) in [6, 6.07) is 6.53. The van der Waals surface area contributed by atoms with Gasteiger partial charge in [0.2, 0.25) is 0 Å². The summed E-state index contributed by atoms with van der Waals surface area (Å²) in [7, 11) is 0. The number of aromatic amines is 1. The van der Waals surface area contributed by atoms with Crippen molar-refractivity contribution < 1.29 is 4.42 Å². The van der Waals surface area contributed by atoms with E-state index in [1.54, 1.807) is 6.20 Å². The first-order valence-corrected chi connectivity index (χ1v) is 3.59. The molecule has 1 N–H and O–H groups in total. The maximum atomic E-state index is 10.9. The molecule has 0 saturated carbocycles. The van der Waals surface area contributed by atoms with Crippen LogP contribution in [0.25, 0.3) is 11.5 Å². The van der Waals surface area contributed by atoms with Gasteiger partial charge in [-0.1, -0.05) is 0 Å². The van der Waals surface area contributed by atoms with Gasteiger partial charge in [0.1, 0.15) is 0 Å². The summed E-state index contributed by atoms with van der Waals surface area (Å²) in [4.78, 5) is 13.9. The summed E-state index contributed by atoms with van der Waals surface area (Å²) in [6.45, 7) is 0. The fourth-order valence-electron chi connectivity index (χ4n) is 1.01. The number of rotatable bonds is 1. The van der Waals surface area contributed by atoms with Crippen molar-refractivity contribution in [2.75, 3.05) is 0 Å². The molecule has 0 aliphatic rings. The molecule has 0 atom stereocenters. The molecule has 12 heavy (non-hydrogen) atoms. The molecule has 0 aliphatic carbocycles. The molecule has 0 fully saturated rings. The summed E-state index contributed by atoms with van der Waals surface area (Å²) < 4.78 is 5.12. The standard InChI is InChI=1S/C9H7NO2/c11-7-3-5-12-9(6-7)8-2-1-4-10-8/h1-6,10H. The van der Waals surface area contributed by atoms with E-state index in [1.165, 1.54) is 18.4 Å². The minimum atomic E-state index is -0.0501. The Bertz CT molecular complexity index is 414. The number of aromatic nitrogens is 1. The zero-order chi connectivity index (χ0) is 8.39. The number of nitrogens with one attached hydrogen (secondary N) is 1. The van der Waals surface area contributed by atoms with Crippen LogP contribution in [-0.2, 0) is 0 Å². The number of hydrogen-bond donors (Lipinski definition) is 1. The highest BCUT2D eigenvalue weighted by molar-refractivity contribution is 5.50. The van der Waals surface area contributed by atoms with Crippen LogP contribution in [0.2, 0.25) is 0 Å². The highest BCUT2D eigenvalue weighted by atomic mass is 16.3. The third-order valence-electron chi connectivity index (χ3n) is 1.56. The van der Waals surface area contributed by atoms with Crippen molar-refractivity contribution in [3.63, 3.8) is 0 Å². The van der Waals surface area contributed by atoms with Gasteiger partial charge in [0.25, 0.3) is 0 Å². The van der Waals surface area contributed by atoms with Gasteiger partial charge in [-0.05, 0) is 12.1 Å². The lowest BCUT2D eigenvalue weighted by Crippen LogP contribution is -1.94. The molecule has 0 amide bonds. The maximum Gasteiger partial charge on any atom is 0.185 e. The quantitative estimate of drug-likeness (QED) is 0.691. The van der Waals surface area contributed by atoms with E-state index < -0.39 is 0 Å². The zero-order valence-electron chi connectivity index (χ0n) is 6.28. The Labute approximate surface area is 68.7 Å². The Kier molecular flexibility index (Phi) is 1.55. The molecule has 0 aromatic carbocycles. The van der Waals surface area contributed by atoms with Gasteiger partial charge in [0.15, 0.2) is 11.2 Å². The topological polar surface area (TPSA) is 46.0 Å². The van der Waals surface area contributed by atoms with Crippen molar-refractivity contribution in [1.29, 1.82) is 0 Å². The van der Waals surface area contributed by atoms with Crippen molar-refractivity contribution in [3.05, 3.63) is 46.9 Å². The second-order valence-electron chi connectivity index (χ2n) is 2.42. The monoisotopic (exact) mass is 161 g/mol. The van der Waals surface area contributed by atoms with Crippen molar-refractivity contribution >= 4 is 0 Å². The molecule has 2 aromatic heterocycles. The zero-order valence-corrected chi connectivity index (χ0v) is 6.28. The Balaban J connectivity index is 2.55. The lowest BCUT2D eigenvalue weighted by atomic mass is 10.3. The van der Waals surface area contributed by atoms with E-state index in [0.29, 0.717) is 5.76 Å². The van der Waals surface area contributed by atoms with E-state index in [9.17, 15) is 4.79 Å². The average molecular weight is 161 g/mol. The molecule has 0 aliphatic heterocycles. The van der Waals surface area contributed by atoms with Gasteiger partial charge in [-0.2, -0.15) is 0 Å². The SMILES string of the molecule is O=c1ccoc(-c2ccc[nH]2)c1. The van der Waals surface area contributed by atoms with Gasteiger partial charge in [0, 0.05) is 18.3 Å². The van der Waals surface area contributed by atoms with Crippen LogP contribution in [0.1, 0.15) is 0 Å². The fourth-order valence-corrected chi connectivity index (χ4v) is 1.01. The van der Waals surface area contributed by atoms with E-state index >= 15 is 0 Å². The molecule has 2 rings (SSSR count). The van der Waals surface area contributed by atoms with E-state index in [1.807, 2.05) is 12.1 Å². The van der Waals surface area contributed by atoms with Crippen molar-refractivity contribution in [3.8, 4) is 11.5 Å². The number of H-pyrrole nitrogens is 1. The predicted octanol–water partition coefficient (Wildman–Crippen LogP) is 1.63. The molecule has 3 heteroatoms. The van der Waals surface area contributed by atoms with Gasteiger partial charge in [-0.3, -0.25) is 4.79 Å². The van der Waals surface area contributed by atoms with Crippen LogP contribution in [0.3, 0.4) is 0 Å². The maximum absolute atomic E-state index is 10.9. The number of hydrogen-bond acceptors (Lipinski definition) is 2. The van der Waals surface area contributed by atoms with Gasteiger partial charge < -0.3 is 9.40 Å². The summed E-state index contributed by atoms with van der Waals surface area (Å²) in [5, 5.41) is 0. The lowest BCUT2D eigenvalue weighted by molar-refractivity contribution is 0.562. The second-order valence-corrected chi connectivity index (χ2v) is 2.42. The molecule has 0 spiro atoms. The summed E-state index contributed by atoms with van der Waals surface area (Å²) in [6.07, 6.45) is 3.17. The normalized spacial score (nSPS) is 10.0. The van der Waals surface area contributed by atoms with Crippen molar-refractivity contribution in [1.82, 2.24) is 4.98 Å². The molecule has 3 nitrogen and oxygen atoms in total. The smallest absolute Gasteiger partial charge is 0.185 e. The van der Waals surface area contributed by atoms with Crippen LogP contribution in [0.15, 0.2) is 45.9 Å². The largest absolute Gasteiger partial charge is 0.463 e. The molecule has 0 bridgehead atoms. The first-order chi connectivity index (χ1) is 5.86. The Morgan fingerprint density at radius 1 is 1.33 bits per heavy atom. The lowest BCUT2D eigenvalue weighted by Gasteiger charge is -1.93. The first-order valence-electron chi connectivity index (χ1n) is 3.59. The minimum absolute atomic E-state index is 0.0501. The minimum Gasteiger partial charge on any atom is -0.463 e. The Morgan fingerprint density at radius 2 is 2.25 bits per heavy atom. The Hall–Kier alpha value is -1.77.